The van der Waals surface area contributed by atoms with E-state index < -0.39 is 0 Å². The number of aryl methyl sites for hydroxylation is 2. The highest BCUT2D eigenvalue weighted by molar-refractivity contribution is 7.11. The van der Waals surface area contributed by atoms with Gasteiger partial charge in [-0.25, -0.2) is 4.98 Å². The van der Waals surface area contributed by atoms with E-state index in [1.54, 1.807) is 18.4 Å². The molecule has 1 heterocycles. The number of nitrogens with one attached hydrogen (secondary N) is 2. The van der Waals surface area contributed by atoms with Gasteiger partial charge in [0.15, 0.2) is 5.96 Å². The summed E-state index contributed by atoms with van der Waals surface area (Å²) in [5.74, 6) is 0.840. The van der Waals surface area contributed by atoms with Gasteiger partial charge in [-0.3, -0.25) is 4.99 Å². The van der Waals surface area contributed by atoms with Crippen LogP contribution < -0.4 is 10.6 Å². The molecule has 0 atom stereocenters. The van der Waals surface area contributed by atoms with Crippen LogP contribution in [0.25, 0.3) is 0 Å². The molecule has 0 unspecified atom stereocenters. The molecule has 114 valence electrons. The first-order valence-electron chi connectivity index (χ1n) is 7.01. The second kappa shape index (κ2) is 8.21. The van der Waals surface area contributed by atoms with E-state index in [2.05, 4.69) is 46.4 Å². The molecule has 1 aromatic heterocycles. The Kier molecular flexibility index (Phi) is 6.95. The van der Waals surface area contributed by atoms with Crippen molar-refractivity contribution in [3.8, 4) is 0 Å². The van der Waals surface area contributed by atoms with E-state index in [4.69, 9.17) is 0 Å². The summed E-state index contributed by atoms with van der Waals surface area (Å²) in [6.45, 7) is 11.1. The van der Waals surface area contributed by atoms with Gasteiger partial charge in [-0.2, -0.15) is 0 Å². The van der Waals surface area contributed by atoms with E-state index in [9.17, 15) is 0 Å². The first kappa shape index (κ1) is 16.9. The lowest BCUT2D eigenvalue weighted by Gasteiger charge is -2.21. The van der Waals surface area contributed by atoms with Crippen LogP contribution in [0.3, 0.4) is 0 Å². The summed E-state index contributed by atoms with van der Waals surface area (Å²) in [5.41, 5.74) is 1.11. The van der Waals surface area contributed by atoms with E-state index in [0.717, 1.165) is 36.3 Å². The van der Waals surface area contributed by atoms with Crippen molar-refractivity contribution in [3.05, 3.63) is 15.6 Å². The molecule has 0 spiro atoms. The molecule has 0 amide bonds. The fraction of sp³-hybridized carbons (Fsp3) is 0.714. The highest BCUT2D eigenvalue weighted by atomic mass is 32.1. The minimum atomic E-state index is 0.564. The van der Waals surface area contributed by atoms with Crippen LogP contribution in [0.2, 0.25) is 0 Å². The van der Waals surface area contributed by atoms with Crippen molar-refractivity contribution < 1.29 is 0 Å². The average molecular weight is 297 g/mol. The van der Waals surface area contributed by atoms with Crippen molar-refractivity contribution in [1.29, 1.82) is 0 Å². The fourth-order valence-corrected chi connectivity index (χ4v) is 2.61. The van der Waals surface area contributed by atoms with E-state index in [-0.39, 0.29) is 0 Å². The summed E-state index contributed by atoms with van der Waals surface area (Å²) in [4.78, 5) is 12.2. The minimum absolute atomic E-state index is 0.564. The fourth-order valence-electron chi connectivity index (χ4n) is 1.73. The normalized spacial score (nSPS) is 12.3. The maximum absolute atomic E-state index is 4.43. The van der Waals surface area contributed by atoms with Gasteiger partial charge < -0.3 is 15.5 Å². The van der Waals surface area contributed by atoms with Crippen LogP contribution in [-0.4, -0.2) is 49.1 Å². The lowest BCUT2D eigenvalue weighted by atomic mass is 10.3. The maximum Gasteiger partial charge on any atom is 0.191 e. The molecule has 1 aromatic rings. The smallest absolute Gasteiger partial charge is 0.191 e. The zero-order chi connectivity index (χ0) is 15.1. The Balaban J connectivity index is 2.35. The summed E-state index contributed by atoms with van der Waals surface area (Å²) in [5, 5.41) is 7.78. The van der Waals surface area contributed by atoms with Crippen LogP contribution in [-0.2, 0) is 6.54 Å². The molecule has 0 aliphatic rings. The predicted molar refractivity (Wildman–Crippen MR) is 87.6 cm³/mol. The molecule has 5 nitrogen and oxygen atoms in total. The Hall–Kier alpha value is -1.14. The molecule has 6 heteroatoms. The van der Waals surface area contributed by atoms with Gasteiger partial charge in [-0.15, -0.1) is 11.3 Å². The minimum Gasteiger partial charge on any atom is -0.355 e. The third-order valence-electron chi connectivity index (χ3n) is 3.28. The Morgan fingerprint density at radius 1 is 1.35 bits per heavy atom. The van der Waals surface area contributed by atoms with Gasteiger partial charge in [0.25, 0.3) is 0 Å². The third kappa shape index (κ3) is 5.46. The average Bonchev–Trinajstić information content (AvgIpc) is 2.71. The Morgan fingerprint density at radius 3 is 2.55 bits per heavy atom. The number of aliphatic imine (C=N–C) groups is 1. The number of guanidine groups is 1. The zero-order valence-electron chi connectivity index (χ0n) is 13.4. The highest BCUT2D eigenvalue weighted by Crippen LogP contribution is 2.16. The molecule has 1 rings (SSSR count). The lowest BCUT2D eigenvalue weighted by Crippen LogP contribution is -2.41. The van der Waals surface area contributed by atoms with Gasteiger partial charge in [0.2, 0.25) is 0 Å². The van der Waals surface area contributed by atoms with E-state index in [1.165, 1.54) is 4.88 Å². The van der Waals surface area contributed by atoms with E-state index >= 15 is 0 Å². The number of hydrogen-bond acceptors (Lipinski definition) is 4. The number of rotatable bonds is 6. The maximum atomic E-state index is 4.43. The van der Waals surface area contributed by atoms with Crippen LogP contribution in [0.5, 0.6) is 0 Å². The molecule has 2 N–H and O–H groups in total. The SMILES string of the molecule is CN=C(NCCN(C)C(C)C)NCc1sc(C)nc1C. The Morgan fingerprint density at radius 2 is 2.05 bits per heavy atom. The molecule has 0 aromatic carbocycles. The molecule has 0 bridgehead atoms. The van der Waals surface area contributed by atoms with Gasteiger partial charge in [0, 0.05) is 31.1 Å². The summed E-state index contributed by atoms with van der Waals surface area (Å²) in [6, 6.07) is 0.564. The van der Waals surface area contributed by atoms with Crippen LogP contribution in [0, 0.1) is 13.8 Å². The summed E-state index contributed by atoms with van der Waals surface area (Å²) in [7, 11) is 3.93. The first-order valence-corrected chi connectivity index (χ1v) is 7.83. The van der Waals surface area contributed by atoms with Gasteiger partial charge >= 0.3 is 0 Å². The number of aromatic nitrogens is 1. The predicted octanol–water partition coefficient (Wildman–Crippen LogP) is 1.77. The second-order valence-corrected chi connectivity index (χ2v) is 6.46. The van der Waals surface area contributed by atoms with Gasteiger partial charge in [-0.05, 0) is 34.7 Å². The number of hydrogen-bond donors (Lipinski definition) is 2. The second-order valence-electron chi connectivity index (χ2n) is 5.17. The number of nitrogens with zero attached hydrogens (tertiary/aromatic N) is 3. The molecule has 0 fully saturated rings. The standard InChI is InChI=1S/C14H27N5S/c1-10(2)19(6)8-7-16-14(15-5)17-9-13-11(3)18-12(4)20-13/h10H,7-9H2,1-6H3,(H2,15,16,17). The topological polar surface area (TPSA) is 52.6 Å². The van der Waals surface area contributed by atoms with Crippen molar-refractivity contribution in [1.82, 2.24) is 20.5 Å². The molecule has 20 heavy (non-hydrogen) atoms. The molecule has 0 radical (unpaired) electrons. The molecule has 0 aliphatic heterocycles. The summed E-state index contributed by atoms with van der Waals surface area (Å²) in [6.07, 6.45) is 0. The summed E-state index contributed by atoms with van der Waals surface area (Å²) < 4.78 is 0. The van der Waals surface area contributed by atoms with Crippen molar-refractivity contribution in [2.24, 2.45) is 4.99 Å². The van der Waals surface area contributed by atoms with Crippen LogP contribution in [0.15, 0.2) is 4.99 Å². The zero-order valence-corrected chi connectivity index (χ0v) is 14.3. The van der Waals surface area contributed by atoms with Crippen molar-refractivity contribution in [2.75, 3.05) is 27.2 Å². The van der Waals surface area contributed by atoms with Crippen molar-refractivity contribution >= 4 is 17.3 Å². The first-order chi connectivity index (χ1) is 9.43. The molecular formula is C14H27N5S. The van der Waals surface area contributed by atoms with Crippen LogP contribution >= 0.6 is 11.3 Å². The number of thiazole rings is 1. The van der Waals surface area contributed by atoms with Crippen molar-refractivity contribution in [2.45, 2.75) is 40.3 Å². The summed E-state index contributed by atoms with van der Waals surface area (Å²) >= 11 is 1.73. The number of likely N-dealkylation sites (N-methyl/N-ethyl adjacent to an activating group) is 1. The van der Waals surface area contributed by atoms with Gasteiger partial charge in [-0.1, -0.05) is 0 Å². The van der Waals surface area contributed by atoms with E-state index in [0.29, 0.717) is 6.04 Å². The van der Waals surface area contributed by atoms with Gasteiger partial charge in [0.1, 0.15) is 0 Å². The van der Waals surface area contributed by atoms with Crippen LogP contribution in [0.1, 0.15) is 29.4 Å². The highest BCUT2D eigenvalue weighted by Gasteiger charge is 2.06. The molecule has 0 aliphatic carbocycles. The van der Waals surface area contributed by atoms with Crippen LogP contribution in [0.4, 0.5) is 0 Å². The quantitative estimate of drug-likeness (QED) is 0.621. The van der Waals surface area contributed by atoms with Gasteiger partial charge in [0.05, 0.1) is 17.2 Å². The van der Waals surface area contributed by atoms with Crippen molar-refractivity contribution in [3.63, 3.8) is 0 Å². The van der Waals surface area contributed by atoms with E-state index in [1.807, 2.05) is 13.8 Å². The lowest BCUT2D eigenvalue weighted by molar-refractivity contribution is 0.278. The molecular weight excluding hydrogens is 270 g/mol. The molecule has 0 saturated carbocycles. The molecule has 0 saturated heterocycles. The Bertz CT molecular complexity index is 439. The largest absolute Gasteiger partial charge is 0.355 e. The monoisotopic (exact) mass is 297 g/mol. The third-order valence-corrected chi connectivity index (χ3v) is 4.35. The Labute approximate surface area is 126 Å².